The summed E-state index contributed by atoms with van der Waals surface area (Å²) in [5.74, 6) is -0.563. The fraction of sp³-hybridized carbons (Fsp3) is 0.667. The minimum atomic E-state index is -0.741. The Morgan fingerprint density at radius 3 is 3.00 bits per heavy atom. The van der Waals surface area contributed by atoms with Crippen LogP contribution in [0.1, 0.15) is 13.3 Å². The Balaban J connectivity index is 2.95. The van der Waals surface area contributed by atoms with Crippen LogP contribution >= 0.6 is 0 Å². The van der Waals surface area contributed by atoms with Crippen molar-refractivity contribution < 1.29 is 14.6 Å². The fourth-order valence-corrected chi connectivity index (χ4v) is 1.62. The maximum absolute atomic E-state index is 11.3. The van der Waals surface area contributed by atoms with Crippen molar-refractivity contribution in [2.75, 3.05) is 7.11 Å². The van der Waals surface area contributed by atoms with Gasteiger partial charge in [-0.15, -0.1) is 0 Å². The van der Waals surface area contributed by atoms with Gasteiger partial charge in [-0.25, -0.2) is 4.79 Å². The normalized spacial score (nSPS) is 30.1. The molecule has 0 bridgehead atoms. The van der Waals surface area contributed by atoms with Crippen LogP contribution in [0.4, 0.5) is 0 Å². The molecule has 0 fully saturated rings. The zero-order valence-corrected chi connectivity index (χ0v) is 8.62. The van der Waals surface area contributed by atoms with Gasteiger partial charge in [0.2, 0.25) is 0 Å². The molecule has 0 aromatic carbocycles. The Kier molecular flexibility index (Phi) is 3.71. The molecule has 6 nitrogen and oxygen atoms in total. The number of nitrogens with zero attached hydrogens (tertiary/aromatic N) is 3. The second kappa shape index (κ2) is 4.82. The summed E-state index contributed by atoms with van der Waals surface area (Å²) in [4.78, 5) is 13.9. The van der Waals surface area contributed by atoms with E-state index in [-0.39, 0.29) is 5.92 Å². The average Bonchev–Trinajstić information content (AvgIpc) is 2.23. The second-order valence-corrected chi connectivity index (χ2v) is 3.55. The third-order valence-electron chi connectivity index (χ3n) is 2.48. The van der Waals surface area contributed by atoms with E-state index in [4.69, 9.17) is 5.53 Å². The number of methoxy groups -OCH3 is 1. The van der Waals surface area contributed by atoms with Crippen LogP contribution < -0.4 is 0 Å². The molecule has 0 amide bonds. The number of esters is 1. The number of ether oxygens (including phenoxy) is 1. The molecular formula is C9H13N3O3. The lowest BCUT2D eigenvalue weighted by atomic mass is 9.85. The standard InChI is InChI=1S/C9H13N3O3/c1-5-3-6(9(14)15-2)4-7(8(5)13)11-12-10/h4-5,7-8,13H,3H2,1-2H3. The van der Waals surface area contributed by atoms with E-state index in [0.29, 0.717) is 12.0 Å². The topological polar surface area (TPSA) is 95.3 Å². The van der Waals surface area contributed by atoms with Crippen molar-refractivity contribution in [2.24, 2.45) is 11.0 Å². The molecule has 1 rings (SSSR count). The molecule has 1 N–H and O–H groups in total. The summed E-state index contributed by atoms with van der Waals surface area (Å²) < 4.78 is 4.58. The van der Waals surface area contributed by atoms with Crippen molar-refractivity contribution in [1.29, 1.82) is 0 Å². The largest absolute Gasteiger partial charge is 0.466 e. The number of carbonyl (C=O) groups excluding carboxylic acids is 1. The summed E-state index contributed by atoms with van der Waals surface area (Å²) in [6, 6.07) is -0.687. The number of hydrogen-bond donors (Lipinski definition) is 1. The zero-order valence-electron chi connectivity index (χ0n) is 8.62. The number of rotatable bonds is 2. The average molecular weight is 211 g/mol. The summed E-state index contributed by atoms with van der Waals surface area (Å²) in [7, 11) is 1.29. The summed E-state index contributed by atoms with van der Waals surface area (Å²) >= 11 is 0. The molecule has 0 saturated heterocycles. The van der Waals surface area contributed by atoms with Gasteiger partial charge in [0.15, 0.2) is 0 Å². The van der Waals surface area contributed by atoms with Gasteiger partial charge >= 0.3 is 5.97 Å². The molecule has 1 aliphatic carbocycles. The van der Waals surface area contributed by atoms with E-state index < -0.39 is 18.1 Å². The summed E-state index contributed by atoms with van der Waals surface area (Å²) in [6.45, 7) is 1.79. The smallest absolute Gasteiger partial charge is 0.333 e. The van der Waals surface area contributed by atoms with Gasteiger partial charge in [0.1, 0.15) is 0 Å². The van der Waals surface area contributed by atoms with E-state index >= 15 is 0 Å². The van der Waals surface area contributed by atoms with Crippen LogP contribution in [0.3, 0.4) is 0 Å². The molecule has 6 heteroatoms. The second-order valence-electron chi connectivity index (χ2n) is 3.55. The number of hydrogen-bond acceptors (Lipinski definition) is 4. The summed E-state index contributed by atoms with van der Waals surface area (Å²) in [5.41, 5.74) is 8.76. The van der Waals surface area contributed by atoms with Crippen LogP contribution in [-0.2, 0) is 9.53 Å². The first-order chi connectivity index (χ1) is 7.10. The van der Waals surface area contributed by atoms with Crippen molar-refractivity contribution in [1.82, 2.24) is 0 Å². The van der Waals surface area contributed by atoms with Gasteiger partial charge in [0.25, 0.3) is 0 Å². The fourth-order valence-electron chi connectivity index (χ4n) is 1.62. The maximum Gasteiger partial charge on any atom is 0.333 e. The molecule has 82 valence electrons. The first kappa shape index (κ1) is 11.6. The predicted molar refractivity (Wildman–Crippen MR) is 52.8 cm³/mol. The highest BCUT2D eigenvalue weighted by molar-refractivity contribution is 5.88. The number of aliphatic hydroxyl groups is 1. The van der Waals surface area contributed by atoms with Crippen molar-refractivity contribution in [3.05, 3.63) is 22.1 Å². The van der Waals surface area contributed by atoms with Gasteiger partial charge in [0.05, 0.1) is 19.3 Å². The first-order valence-corrected chi connectivity index (χ1v) is 4.61. The van der Waals surface area contributed by atoms with Gasteiger partial charge in [-0.2, -0.15) is 0 Å². The van der Waals surface area contributed by atoms with Crippen molar-refractivity contribution in [3.8, 4) is 0 Å². The van der Waals surface area contributed by atoms with Crippen LogP contribution in [0.2, 0.25) is 0 Å². The third kappa shape index (κ3) is 2.49. The monoisotopic (exact) mass is 211 g/mol. The van der Waals surface area contributed by atoms with E-state index in [1.807, 2.05) is 0 Å². The Morgan fingerprint density at radius 2 is 2.47 bits per heavy atom. The van der Waals surface area contributed by atoms with E-state index in [1.54, 1.807) is 6.92 Å². The molecule has 0 aromatic rings. The van der Waals surface area contributed by atoms with Crippen LogP contribution in [0.25, 0.3) is 10.4 Å². The third-order valence-corrected chi connectivity index (χ3v) is 2.48. The molecule has 0 heterocycles. The highest BCUT2D eigenvalue weighted by Crippen LogP contribution is 2.27. The van der Waals surface area contributed by atoms with Crippen molar-refractivity contribution >= 4 is 5.97 Å². The Bertz CT molecular complexity index is 333. The minimum absolute atomic E-state index is 0.125. The molecule has 0 aliphatic heterocycles. The molecule has 0 saturated carbocycles. The van der Waals surface area contributed by atoms with Crippen molar-refractivity contribution in [3.63, 3.8) is 0 Å². The van der Waals surface area contributed by atoms with Gasteiger partial charge in [-0.1, -0.05) is 18.1 Å². The van der Waals surface area contributed by atoms with Crippen molar-refractivity contribution in [2.45, 2.75) is 25.5 Å². The number of aliphatic hydroxyl groups excluding tert-OH is 1. The Morgan fingerprint density at radius 1 is 1.80 bits per heavy atom. The quantitative estimate of drug-likeness (QED) is 0.321. The lowest BCUT2D eigenvalue weighted by molar-refractivity contribution is -0.136. The molecule has 0 spiro atoms. The van der Waals surface area contributed by atoms with Crippen LogP contribution in [0.5, 0.6) is 0 Å². The van der Waals surface area contributed by atoms with Crippen LogP contribution in [0.15, 0.2) is 16.8 Å². The minimum Gasteiger partial charge on any atom is -0.466 e. The zero-order chi connectivity index (χ0) is 11.4. The van der Waals surface area contributed by atoms with Gasteiger partial charge in [-0.3, -0.25) is 0 Å². The molecule has 1 aliphatic rings. The highest BCUT2D eigenvalue weighted by atomic mass is 16.5. The Hall–Kier alpha value is -1.52. The molecule has 0 radical (unpaired) electrons. The predicted octanol–water partition coefficient (Wildman–Crippen LogP) is 1.17. The van der Waals surface area contributed by atoms with Gasteiger partial charge in [0, 0.05) is 10.5 Å². The van der Waals surface area contributed by atoms with E-state index in [0.717, 1.165) is 0 Å². The number of azide groups is 1. The lowest BCUT2D eigenvalue weighted by Gasteiger charge is -2.28. The molecule has 0 aromatic heterocycles. The number of carbonyl (C=O) groups is 1. The molecule has 15 heavy (non-hydrogen) atoms. The highest BCUT2D eigenvalue weighted by Gasteiger charge is 2.30. The lowest BCUT2D eigenvalue weighted by Crippen LogP contribution is -2.34. The summed E-state index contributed by atoms with van der Waals surface area (Å²) in [5, 5.41) is 13.1. The van der Waals surface area contributed by atoms with Gasteiger partial charge in [-0.05, 0) is 17.9 Å². The van der Waals surface area contributed by atoms with E-state index in [2.05, 4.69) is 14.8 Å². The molecule has 3 unspecified atom stereocenters. The first-order valence-electron chi connectivity index (χ1n) is 4.61. The van der Waals surface area contributed by atoms with Crippen LogP contribution in [0, 0.1) is 5.92 Å². The van der Waals surface area contributed by atoms with Crippen LogP contribution in [-0.4, -0.2) is 30.3 Å². The van der Waals surface area contributed by atoms with E-state index in [9.17, 15) is 9.90 Å². The van der Waals surface area contributed by atoms with E-state index in [1.165, 1.54) is 13.2 Å². The SMILES string of the molecule is COC(=O)C1=CC(N=[N+]=[N-])C(O)C(C)C1. The molecular weight excluding hydrogens is 198 g/mol. The molecule has 3 atom stereocenters. The van der Waals surface area contributed by atoms with Gasteiger partial charge < -0.3 is 9.84 Å². The maximum atomic E-state index is 11.3. The Labute approximate surface area is 87.2 Å². The summed E-state index contributed by atoms with van der Waals surface area (Å²) in [6.07, 6.45) is 1.16.